The molecule has 150 valence electrons. The van der Waals surface area contributed by atoms with Crippen molar-refractivity contribution < 1.29 is 23.4 Å². The normalized spacial score (nSPS) is 10.3. The average molecular weight is 396 g/mol. The van der Waals surface area contributed by atoms with Gasteiger partial charge in [0, 0.05) is 36.5 Å². The van der Waals surface area contributed by atoms with Crippen LogP contribution < -0.4 is 19.5 Å². The molecular formula is C22H21FN2O4. The number of aromatic nitrogens is 1. The number of nitrogens with zero attached hydrogens (tertiary/aromatic N) is 1. The zero-order valence-electron chi connectivity index (χ0n) is 16.1. The van der Waals surface area contributed by atoms with Crippen molar-refractivity contribution in [1.82, 2.24) is 10.3 Å². The third-order valence-electron chi connectivity index (χ3n) is 4.15. The van der Waals surface area contributed by atoms with Gasteiger partial charge < -0.3 is 19.5 Å². The zero-order valence-corrected chi connectivity index (χ0v) is 16.1. The molecule has 0 aliphatic carbocycles. The maximum atomic E-state index is 13.2. The number of nitrogens with one attached hydrogen (secondary N) is 1. The van der Waals surface area contributed by atoms with E-state index >= 15 is 0 Å². The summed E-state index contributed by atoms with van der Waals surface area (Å²) in [5, 5.41) is 2.85. The lowest BCUT2D eigenvalue weighted by molar-refractivity contribution is -0.120. The van der Waals surface area contributed by atoms with Crippen LogP contribution in [-0.2, 0) is 17.8 Å². The summed E-state index contributed by atoms with van der Waals surface area (Å²) in [6, 6.07) is 14.6. The van der Waals surface area contributed by atoms with Crippen LogP contribution in [0.15, 0.2) is 60.8 Å². The number of ether oxygens (including phenoxy) is 3. The maximum absolute atomic E-state index is 13.2. The molecule has 1 heterocycles. The van der Waals surface area contributed by atoms with E-state index in [1.165, 1.54) is 12.1 Å². The number of halogens is 1. The molecule has 0 saturated heterocycles. The predicted molar refractivity (Wildman–Crippen MR) is 106 cm³/mol. The van der Waals surface area contributed by atoms with Crippen LogP contribution in [0, 0.1) is 5.82 Å². The van der Waals surface area contributed by atoms with E-state index in [0.29, 0.717) is 29.7 Å². The minimum atomic E-state index is -0.379. The standard InChI is InChI=1S/C22H21FN2O4/c1-27-18-8-7-16(20(12-18)28-2)10-21(26)24-13-15-6-9-22(25-14-15)29-19-5-3-4-17(23)11-19/h3-9,11-12,14H,10,13H2,1-2H3,(H,24,26). The van der Waals surface area contributed by atoms with Crippen molar-refractivity contribution in [3.8, 4) is 23.1 Å². The molecule has 0 unspecified atom stereocenters. The molecule has 0 aliphatic rings. The van der Waals surface area contributed by atoms with Crippen LogP contribution in [-0.4, -0.2) is 25.1 Å². The summed E-state index contributed by atoms with van der Waals surface area (Å²) in [6.45, 7) is 0.324. The lowest BCUT2D eigenvalue weighted by Gasteiger charge is -2.11. The van der Waals surface area contributed by atoms with E-state index in [-0.39, 0.29) is 18.1 Å². The van der Waals surface area contributed by atoms with Crippen molar-refractivity contribution in [2.45, 2.75) is 13.0 Å². The Balaban J connectivity index is 1.54. The van der Waals surface area contributed by atoms with Gasteiger partial charge in [0.25, 0.3) is 0 Å². The SMILES string of the molecule is COc1ccc(CC(=O)NCc2ccc(Oc3cccc(F)c3)nc2)c(OC)c1. The van der Waals surface area contributed by atoms with Crippen LogP contribution in [0.4, 0.5) is 4.39 Å². The number of carbonyl (C=O) groups is 1. The van der Waals surface area contributed by atoms with Crippen LogP contribution in [0.25, 0.3) is 0 Å². The highest BCUT2D eigenvalue weighted by Crippen LogP contribution is 2.25. The number of hydrogen-bond donors (Lipinski definition) is 1. The molecule has 1 aromatic heterocycles. The fourth-order valence-corrected chi connectivity index (χ4v) is 2.66. The van der Waals surface area contributed by atoms with Crippen LogP contribution in [0.1, 0.15) is 11.1 Å². The van der Waals surface area contributed by atoms with Crippen LogP contribution >= 0.6 is 0 Å². The second-order valence-electron chi connectivity index (χ2n) is 6.20. The first-order chi connectivity index (χ1) is 14.1. The first kappa shape index (κ1) is 20.1. The van der Waals surface area contributed by atoms with Crippen molar-refractivity contribution >= 4 is 5.91 Å². The van der Waals surface area contributed by atoms with E-state index in [1.54, 1.807) is 62.9 Å². The Labute approximate surface area is 168 Å². The molecule has 1 N–H and O–H groups in total. The Morgan fingerprint density at radius 1 is 1.03 bits per heavy atom. The summed E-state index contributed by atoms with van der Waals surface area (Å²) in [5.41, 5.74) is 1.58. The summed E-state index contributed by atoms with van der Waals surface area (Å²) in [5.74, 6) is 1.45. The first-order valence-corrected chi connectivity index (χ1v) is 8.93. The smallest absolute Gasteiger partial charge is 0.224 e. The van der Waals surface area contributed by atoms with Gasteiger partial charge in [-0.25, -0.2) is 9.37 Å². The van der Waals surface area contributed by atoms with Crippen molar-refractivity contribution in [2.75, 3.05) is 14.2 Å². The van der Waals surface area contributed by atoms with Gasteiger partial charge in [-0.1, -0.05) is 18.2 Å². The third kappa shape index (κ3) is 5.68. The molecule has 0 atom stereocenters. The van der Waals surface area contributed by atoms with E-state index in [1.807, 2.05) is 0 Å². The Morgan fingerprint density at radius 3 is 2.59 bits per heavy atom. The Hall–Kier alpha value is -3.61. The Kier molecular flexibility index (Phi) is 6.63. The van der Waals surface area contributed by atoms with Gasteiger partial charge in [0.2, 0.25) is 11.8 Å². The van der Waals surface area contributed by atoms with Gasteiger partial charge in [-0.05, 0) is 23.8 Å². The lowest BCUT2D eigenvalue weighted by atomic mass is 10.1. The van der Waals surface area contributed by atoms with Gasteiger partial charge in [0.1, 0.15) is 23.1 Å². The zero-order chi connectivity index (χ0) is 20.6. The summed E-state index contributed by atoms with van der Waals surface area (Å²) in [7, 11) is 3.12. The van der Waals surface area contributed by atoms with Gasteiger partial charge in [-0.3, -0.25) is 4.79 Å². The second-order valence-corrected chi connectivity index (χ2v) is 6.20. The fourth-order valence-electron chi connectivity index (χ4n) is 2.66. The van der Waals surface area contributed by atoms with Crippen molar-refractivity contribution in [3.63, 3.8) is 0 Å². The van der Waals surface area contributed by atoms with Crippen LogP contribution in [0.3, 0.4) is 0 Å². The summed E-state index contributed by atoms with van der Waals surface area (Å²) < 4.78 is 29.2. The molecule has 0 aliphatic heterocycles. The molecule has 29 heavy (non-hydrogen) atoms. The molecule has 0 radical (unpaired) electrons. The Bertz CT molecular complexity index is 977. The topological polar surface area (TPSA) is 69.7 Å². The molecule has 6 nitrogen and oxygen atoms in total. The number of pyridine rings is 1. The highest BCUT2D eigenvalue weighted by molar-refractivity contribution is 5.79. The minimum Gasteiger partial charge on any atom is -0.497 e. The van der Waals surface area contributed by atoms with E-state index in [9.17, 15) is 9.18 Å². The third-order valence-corrected chi connectivity index (χ3v) is 4.15. The van der Waals surface area contributed by atoms with E-state index in [4.69, 9.17) is 14.2 Å². The van der Waals surface area contributed by atoms with Crippen molar-refractivity contribution in [1.29, 1.82) is 0 Å². The maximum Gasteiger partial charge on any atom is 0.224 e. The number of amides is 1. The quantitative estimate of drug-likeness (QED) is 0.626. The minimum absolute atomic E-state index is 0.145. The summed E-state index contributed by atoms with van der Waals surface area (Å²) >= 11 is 0. The fraction of sp³-hybridized carbons (Fsp3) is 0.182. The molecule has 2 aromatic carbocycles. The average Bonchev–Trinajstić information content (AvgIpc) is 2.73. The van der Waals surface area contributed by atoms with E-state index in [0.717, 1.165) is 11.1 Å². The molecule has 0 saturated carbocycles. The predicted octanol–water partition coefficient (Wildman–Crippen LogP) is 3.89. The number of rotatable bonds is 8. The molecule has 0 spiro atoms. The van der Waals surface area contributed by atoms with Crippen LogP contribution in [0.5, 0.6) is 23.1 Å². The first-order valence-electron chi connectivity index (χ1n) is 8.93. The van der Waals surface area contributed by atoms with Gasteiger partial charge in [0.05, 0.1) is 20.6 Å². The molecular weight excluding hydrogens is 375 g/mol. The van der Waals surface area contributed by atoms with Gasteiger partial charge in [-0.15, -0.1) is 0 Å². The highest BCUT2D eigenvalue weighted by atomic mass is 19.1. The largest absolute Gasteiger partial charge is 0.497 e. The van der Waals surface area contributed by atoms with E-state index < -0.39 is 0 Å². The van der Waals surface area contributed by atoms with Gasteiger partial charge in [0.15, 0.2) is 0 Å². The van der Waals surface area contributed by atoms with Gasteiger partial charge in [-0.2, -0.15) is 0 Å². The molecule has 3 aromatic rings. The molecule has 0 bridgehead atoms. The number of methoxy groups -OCH3 is 2. The molecule has 0 fully saturated rings. The van der Waals surface area contributed by atoms with E-state index in [2.05, 4.69) is 10.3 Å². The van der Waals surface area contributed by atoms with Crippen molar-refractivity contribution in [2.24, 2.45) is 0 Å². The monoisotopic (exact) mass is 396 g/mol. The van der Waals surface area contributed by atoms with Crippen LogP contribution in [0.2, 0.25) is 0 Å². The molecule has 7 heteroatoms. The van der Waals surface area contributed by atoms with Gasteiger partial charge >= 0.3 is 0 Å². The summed E-state index contributed by atoms with van der Waals surface area (Å²) in [4.78, 5) is 16.5. The summed E-state index contributed by atoms with van der Waals surface area (Å²) in [6.07, 6.45) is 1.78. The second kappa shape index (κ2) is 9.54. The molecule has 3 rings (SSSR count). The number of hydrogen-bond acceptors (Lipinski definition) is 5. The lowest BCUT2D eigenvalue weighted by Crippen LogP contribution is -2.24. The molecule has 1 amide bonds. The number of carbonyl (C=O) groups excluding carboxylic acids is 1. The number of benzene rings is 2. The Morgan fingerprint density at radius 2 is 1.90 bits per heavy atom. The highest BCUT2D eigenvalue weighted by Gasteiger charge is 2.10. The van der Waals surface area contributed by atoms with Crippen molar-refractivity contribution in [3.05, 3.63) is 77.7 Å².